The van der Waals surface area contributed by atoms with Crippen molar-refractivity contribution in [2.45, 2.75) is 16.2 Å². The van der Waals surface area contributed by atoms with Crippen LogP contribution in [0.3, 0.4) is 0 Å². The Bertz CT molecular complexity index is 1220. The van der Waals surface area contributed by atoms with Crippen molar-refractivity contribution in [3.8, 4) is 22.9 Å². The predicted molar refractivity (Wildman–Crippen MR) is 132 cm³/mol. The number of aromatic nitrogens is 3. The number of nitrogens with zero attached hydrogens (tertiary/aromatic N) is 3. The van der Waals surface area contributed by atoms with E-state index in [4.69, 9.17) is 49.2 Å². The van der Waals surface area contributed by atoms with E-state index < -0.39 is 18.6 Å². The maximum absolute atomic E-state index is 12.3. The molecule has 14 heteroatoms. The topological polar surface area (TPSA) is 179 Å². The first-order chi connectivity index (χ1) is 16.7. The van der Waals surface area contributed by atoms with E-state index in [1.54, 1.807) is 18.2 Å². The maximum atomic E-state index is 12.3. The Morgan fingerprint density at radius 2 is 1.94 bits per heavy atom. The summed E-state index contributed by atoms with van der Waals surface area (Å²) in [6.45, 7) is -0.637. The highest BCUT2D eigenvalue weighted by Gasteiger charge is 2.17. The Hall–Kier alpha value is -2.87. The number of nitrogens with one attached hydrogen (secondary N) is 1. The lowest BCUT2D eigenvalue weighted by molar-refractivity contribution is 0.0801. The van der Waals surface area contributed by atoms with Gasteiger partial charge in [0.2, 0.25) is 5.95 Å². The number of hydrogen-bond acceptors (Lipinski definition) is 11. The minimum atomic E-state index is -1.05. The van der Waals surface area contributed by atoms with Gasteiger partial charge >= 0.3 is 0 Å². The normalized spacial score (nSPS) is 11.7. The Morgan fingerprint density at radius 1 is 1.17 bits per heavy atom. The van der Waals surface area contributed by atoms with Gasteiger partial charge in [0.25, 0.3) is 5.91 Å². The van der Waals surface area contributed by atoms with E-state index in [1.165, 1.54) is 19.2 Å². The smallest absolute Gasteiger partial charge is 0.251 e. The average molecular weight is 541 g/mol. The number of carbonyl (C=O) groups is 1. The van der Waals surface area contributed by atoms with E-state index in [0.717, 1.165) is 11.8 Å². The molecule has 11 nitrogen and oxygen atoms in total. The fourth-order valence-electron chi connectivity index (χ4n) is 2.81. The largest absolute Gasteiger partial charge is 0.496 e. The van der Waals surface area contributed by atoms with E-state index in [9.17, 15) is 9.90 Å². The van der Waals surface area contributed by atoms with Crippen molar-refractivity contribution >= 4 is 46.8 Å². The SMILES string of the molecule is COc1cc(C(=O)NCC(O)CO)ccc1Sc1nc(N)nc(-c2cc(OCN)c(Cl)cc2Cl)n1. The average Bonchev–Trinajstić information content (AvgIpc) is 2.83. The van der Waals surface area contributed by atoms with Crippen LogP contribution in [-0.4, -0.2) is 64.2 Å². The van der Waals surface area contributed by atoms with Crippen LogP contribution in [0.1, 0.15) is 10.4 Å². The number of anilines is 1. The lowest BCUT2D eigenvalue weighted by Crippen LogP contribution is -2.33. The number of rotatable bonds is 10. The van der Waals surface area contributed by atoms with E-state index in [2.05, 4.69) is 20.3 Å². The molecule has 186 valence electrons. The third-order valence-corrected chi connectivity index (χ3v) is 6.00. The second-order valence-electron chi connectivity index (χ2n) is 6.89. The molecule has 0 bridgehead atoms. The van der Waals surface area contributed by atoms with Gasteiger partial charge in [-0.2, -0.15) is 9.97 Å². The number of nitrogens with two attached hydrogens (primary N) is 2. The number of carbonyl (C=O) groups excluding carboxylic acids is 1. The van der Waals surface area contributed by atoms with Crippen molar-refractivity contribution in [1.82, 2.24) is 20.3 Å². The molecule has 1 aromatic heterocycles. The van der Waals surface area contributed by atoms with Gasteiger partial charge in [-0.05, 0) is 42.1 Å². The molecule has 2 aromatic carbocycles. The minimum absolute atomic E-state index is 0.0396. The molecule has 1 atom stereocenters. The first-order valence-corrected chi connectivity index (χ1v) is 11.6. The molecule has 0 saturated heterocycles. The number of benzene rings is 2. The van der Waals surface area contributed by atoms with Gasteiger partial charge in [0.05, 0.1) is 34.8 Å². The molecule has 0 aliphatic rings. The van der Waals surface area contributed by atoms with Crippen LogP contribution in [0.4, 0.5) is 5.95 Å². The summed E-state index contributed by atoms with van der Waals surface area (Å²) in [5.41, 5.74) is 12.1. The van der Waals surface area contributed by atoms with Gasteiger partial charge < -0.3 is 30.7 Å². The fourth-order valence-corrected chi connectivity index (χ4v) is 4.18. The van der Waals surface area contributed by atoms with Crippen LogP contribution in [-0.2, 0) is 0 Å². The van der Waals surface area contributed by atoms with Crippen LogP contribution in [0.25, 0.3) is 11.4 Å². The molecule has 1 heterocycles. The molecule has 3 rings (SSSR count). The van der Waals surface area contributed by atoms with Gasteiger partial charge in [-0.25, -0.2) is 4.98 Å². The summed E-state index contributed by atoms with van der Waals surface area (Å²) in [5, 5.41) is 21.6. The lowest BCUT2D eigenvalue weighted by atomic mass is 10.2. The molecule has 1 unspecified atom stereocenters. The highest BCUT2D eigenvalue weighted by atomic mass is 35.5. The van der Waals surface area contributed by atoms with Crippen molar-refractivity contribution in [2.24, 2.45) is 5.73 Å². The predicted octanol–water partition coefficient (Wildman–Crippen LogP) is 1.97. The fraction of sp³-hybridized carbons (Fsp3) is 0.238. The highest BCUT2D eigenvalue weighted by Crippen LogP contribution is 2.38. The van der Waals surface area contributed by atoms with Gasteiger partial charge in [0.1, 0.15) is 18.2 Å². The van der Waals surface area contributed by atoms with Crippen molar-refractivity contribution < 1.29 is 24.5 Å². The molecule has 1 amide bonds. The van der Waals surface area contributed by atoms with E-state index in [-0.39, 0.29) is 40.3 Å². The number of halogens is 2. The van der Waals surface area contributed by atoms with Gasteiger partial charge in [0, 0.05) is 17.7 Å². The molecular weight excluding hydrogens is 519 g/mol. The summed E-state index contributed by atoms with van der Waals surface area (Å²) in [6, 6.07) is 7.80. The molecule has 7 N–H and O–H groups in total. The lowest BCUT2D eigenvalue weighted by Gasteiger charge is -2.13. The van der Waals surface area contributed by atoms with Gasteiger partial charge in [-0.3, -0.25) is 10.5 Å². The zero-order valence-electron chi connectivity index (χ0n) is 18.4. The maximum Gasteiger partial charge on any atom is 0.251 e. The number of aliphatic hydroxyl groups is 2. The molecule has 0 spiro atoms. The summed E-state index contributed by atoms with van der Waals surface area (Å²) in [5.74, 6) is 0.410. The zero-order valence-corrected chi connectivity index (χ0v) is 20.7. The molecule has 0 saturated carbocycles. The molecule has 0 aliphatic carbocycles. The molecule has 0 fully saturated rings. The first kappa shape index (κ1) is 26.7. The van der Waals surface area contributed by atoms with Crippen LogP contribution in [0.15, 0.2) is 40.4 Å². The zero-order chi connectivity index (χ0) is 25.5. The summed E-state index contributed by atoms with van der Waals surface area (Å²) in [4.78, 5) is 25.7. The summed E-state index contributed by atoms with van der Waals surface area (Å²) < 4.78 is 10.7. The van der Waals surface area contributed by atoms with Crippen molar-refractivity contribution in [2.75, 3.05) is 32.7 Å². The third kappa shape index (κ3) is 6.84. The standard InChI is InChI=1S/C21H22Cl2N6O5S/c1-33-16-4-10(19(32)26-7-11(31)8-30)2-3-17(16)35-21-28-18(27-20(25)29-21)12-5-15(34-9-24)14(23)6-13(12)22/h2-6,11,30-31H,7-9,24H2,1H3,(H,26,32)(H2,25,27,28,29). The van der Waals surface area contributed by atoms with Crippen LogP contribution < -0.4 is 26.3 Å². The summed E-state index contributed by atoms with van der Waals surface area (Å²) >= 11 is 13.6. The Kier molecular flexibility index (Phi) is 9.32. The first-order valence-electron chi connectivity index (χ1n) is 10.0. The molecule has 35 heavy (non-hydrogen) atoms. The molecule has 0 aliphatic heterocycles. The molecule has 0 radical (unpaired) electrons. The van der Waals surface area contributed by atoms with E-state index >= 15 is 0 Å². The van der Waals surface area contributed by atoms with Crippen molar-refractivity contribution in [3.63, 3.8) is 0 Å². The minimum Gasteiger partial charge on any atom is -0.496 e. The van der Waals surface area contributed by atoms with Crippen molar-refractivity contribution in [1.29, 1.82) is 0 Å². The van der Waals surface area contributed by atoms with Gasteiger partial charge in [-0.15, -0.1) is 0 Å². The Morgan fingerprint density at radius 3 is 2.63 bits per heavy atom. The van der Waals surface area contributed by atoms with Gasteiger partial charge in [-0.1, -0.05) is 23.2 Å². The summed E-state index contributed by atoms with van der Waals surface area (Å²) in [7, 11) is 1.45. The number of nitrogen functional groups attached to an aromatic ring is 1. The number of aliphatic hydroxyl groups excluding tert-OH is 2. The van der Waals surface area contributed by atoms with Crippen LogP contribution in [0.2, 0.25) is 10.0 Å². The number of methoxy groups -OCH3 is 1. The Balaban J connectivity index is 1.89. The quantitative estimate of drug-likeness (QED) is 0.237. The third-order valence-electron chi connectivity index (χ3n) is 4.47. The monoisotopic (exact) mass is 540 g/mol. The molecule has 3 aromatic rings. The highest BCUT2D eigenvalue weighted by molar-refractivity contribution is 7.99. The van der Waals surface area contributed by atoms with E-state index in [1.807, 2.05) is 0 Å². The van der Waals surface area contributed by atoms with E-state index in [0.29, 0.717) is 27.5 Å². The second kappa shape index (κ2) is 12.2. The number of hydrogen-bond donors (Lipinski definition) is 5. The van der Waals surface area contributed by atoms with Crippen LogP contribution in [0, 0.1) is 0 Å². The molecular formula is C21H22Cl2N6O5S. The van der Waals surface area contributed by atoms with Crippen LogP contribution >= 0.6 is 35.0 Å². The van der Waals surface area contributed by atoms with Gasteiger partial charge in [0.15, 0.2) is 11.0 Å². The summed E-state index contributed by atoms with van der Waals surface area (Å²) in [6.07, 6.45) is -1.05. The van der Waals surface area contributed by atoms with Crippen LogP contribution in [0.5, 0.6) is 11.5 Å². The van der Waals surface area contributed by atoms with Crippen molar-refractivity contribution in [3.05, 3.63) is 45.9 Å². The second-order valence-corrected chi connectivity index (χ2v) is 8.71. The Labute approximate surface area is 214 Å². The number of ether oxygens (including phenoxy) is 2. The number of amides is 1.